The second-order valence-electron chi connectivity index (χ2n) is 8.46. The highest BCUT2D eigenvalue weighted by molar-refractivity contribution is 6.67. The summed E-state index contributed by atoms with van der Waals surface area (Å²) in [4.78, 5) is 25.4. The molecule has 0 atom stereocenters. The fourth-order valence-electron chi connectivity index (χ4n) is 3.06. The van der Waals surface area contributed by atoms with E-state index in [-0.39, 0.29) is 24.0 Å². The van der Waals surface area contributed by atoms with Crippen molar-refractivity contribution in [2.75, 3.05) is 20.1 Å². The van der Waals surface area contributed by atoms with E-state index in [9.17, 15) is 22.8 Å². The van der Waals surface area contributed by atoms with Gasteiger partial charge in [-0.05, 0) is 46.3 Å². The number of alkyl halides is 3. The third-order valence-corrected chi connectivity index (χ3v) is 5.38. The van der Waals surface area contributed by atoms with Gasteiger partial charge in [-0.25, -0.2) is 0 Å². The molecule has 0 spiro atoms. The lowest BCUT2D eigenvalue weighted by molar-refractivity contribution is -0.145. The molecule has 0 radical (unpaired) electrons. The zero-order valence-corrected chi connectivity index (χ0v) is 17.3. The Balaban J connectivity index is 2.01. The Morgan fingerprint density at radius 1 is 0.867 bits per heavy atom. The molecule has 2 heterocycles. The van der Waals surface area contributed by atoms with E-state index in [1.165, 1.54) is 18.0 Å². The number of hydrogen-bond acceptors (Lipinski definition) is 7. The maximum atomic E-state index is 13.6. The fraction of sp³-hybridized carbons (Fsp3) is 0.556. The Bertz CT molecular complexity index is 825. The Labute approximate surface area is 173 Å². The molecule has 1 aromatic carbocycles. The van der Waals surface area contributed by atoms with Gasteiger partial charge in [0, 0.05) is 5.46 Å². The molecule has 0 aromatic heterocycles. The van der Waals surface area contributed by atoms with Gasteiger partial charge in [0.05, 0.1) is 29.9 Å². The van der Waals surface area contributed by atoms with Crippen LogP contribution in [0.15, 0.2) is 18.2 Å². The van der Waals surface area contributed by atoms with Crippen LogP contribution in [-0.4, -0.2) is 62.4 Å². The Morgan fingerprint density at radius 2 is 1.30 bits per heavy atom. The largest absolute Gasteiger partial charge is 0.636 e. The van der Waals surface area contributed by atoms with E-state index in [2.05, 4.69) is 0 Å². The van der Waals surface area contributed by atoms with Crippen molar-refractivity contribution in [3.05, 3.63) is 23.8 Å². The highest BCUT2D eigenvalue weighted by Crippen LogP contribution is 2.37. The lowest BCUT2D eigenvalue weighted by Gasteiger charge is -2.32. The van der Waals surface area contributed by atoms with Crippen LogP contribution in [0.2, 0.25) is 0 Å². The lowest BCUT2D eigenvalue weighted by atomic mass is 9.70. The normalized spacial score (nSPS) is 22.4. The van der Waals surface area contributed by atoms with Gasteiger partial charge >= 0.3 is 32.4 Å². The molecule has 2 aliphatic heterocycles. The van der Waals surface area contributed by atoms with Crippen LogP contribution in [0.3, 0.4) is 0 Å². The molecule has 7 nitrogen and oxygen atoms in total. The van der Waals surface area contributed by atoms with Crippen molar-refractivity contribution in [2.45, 2.75) is 45.1 Å². The summed E-state index contributed by atoms with van der Waals surface area (Å²) in [5.41, 5.74) is -2.60. The van der Waals surface area contributed by atoms with Crippen LogP contribution < -0.4 is 10.9 Å². The van der Waals surface area contributed by atoms with Crippen LogP contribution in [0, 0.1) is 0 Å². The molecule has 12 heteroatoms. The standard InChI is InChI=1S/C18H22B2F3NO6/c1-16(2)17(3,4)30-20(29-16)13-7-11(18(21,22)23)6-12(8-13)19-27-14(25)9-24(5)10-15(26)28-19/h6-8H,9-10H2,1-5H3. The van der Waals surface area contributed by atoms with Gasteiger partial charge in [-0.3, -0.25) is 14.5 Å². The smallest absolute Gasteiger partial charge is 0.494 e. The molecule has 0 N–H and O–H groups in total. The number of nitrogens with zero attached hydrogens (tertiary/aromatic N) is 1. The maximum Gasteiger partial charge on any atom is 0.636 e. The first-order valence-corrected chi connectivity index (χ1v) is 9.33. The molecule has 0 unspecified atom stereocenters. The van der Waals surface area contributed by atoms with Crippen molar-refractivity contribution in [3.63, 3.8) is 0 Å². The first-order valence-electron chi connectivity index (χ1n) is 9.33. The number of benzene rings is 1. The van der Waals surface area contributed by atoms with E-state index in [1.807, 2.05) is 0 Å². The third kappa shape index (κ3) is 4.65. The van der Waals surface area contributed by atoms with Crippen LogP contribution in [0.5, 0.6) is 0 Å². The van der Waals surface area contributed by atoms with Gasteiger partial charge in [0.25, 0.3) is 0 Å². The van der Waals surface area contributed by atoms with Gasteiger partial charge in [-0.2, -0.15) is 13.2 Å². The first kappa shape index (κ1) is 22.6. The molecular formula is C18H22B2F3NO6. The average Bonchev–Trinajstić information content (AvgIpc) is 2.79. The molecule has 0 saturated carbocycles. The Kier molecular flexibility index (Phi) is 5.72. The van der Waals surface area contributed by atoms with Crippen molar-refractivity contribution >= 4 is 37.1 Å². The minimum absolute atomic E-state index is 0.0738. The van der Waals surface area contributed by atoms with Gasteiger partial charge in [0.2, 0.25) is 0 Å². The molecule has 1 aromatic rings. The molecular weight excluding hydrogens is 405 g/mol. The quantitative estimate of drug-likeness (QED) is 0.645. The SMILES string of the molecule is CN1CC(=O)OB(c2cc(B3OC(C)(C)C(C)(C)O3)cc(C(F)(F)F)c2)OC(=O)C1. The number of rotatable bonds is 2. The minimum atomic E-state index is -4.69. The zero-order chi connectivity index (χ0) is 22.5. The molecule has 0 amide bonds. The second kappa shape index (κ2) is 7.58. The summed E-state index contributed by atoms with van der Waals surface area (Å²) in [7, 11) is -1.17. The summed E-state index contributed by atoms with van der Waals surface area (Å²) >= 11 is 0. The highest BCUT2D eigenvalue weighted by Gasteiger charge is 2.52. The summed E-state index contributed by atoms with van der Waals surface area (Å²) in [6.45, 7) is 6.70. The number of hydrogen-bond donors (Lipinski definition) is 0. The average molecular weight is 427 g/mol. The van der Waals surface area contributed by atoms with Crippen molar-refractivity contribution in [1.82, 2.24) is 4.90 Å². The van der Waals surface area contributed by atoms with Crippen LogP contribution in [0.25, 0.3) is 0 Å². The van der Waals surface area contributed by atoms with Gasteiger partial charge in [0.15, 0.2) is 0 Å². The van der Waals surface area contributed by atoms with E-state index in [1.54, 1.807) is 27.7 Å². The minimum Gasteiger partial charge on any atom is -0.494 e. The molecule has 2 aliphatic rings. The van der Waals surface area contributed by atoms with Crippen LogP contribution in [0.4, 0.5) is 13.2 Å². The van der Waals surface area contributed by atoms with Crippen molar-refractivity contribution in [1.29, 1.82) is 0 Å². The maximum absolute atomic E-state index is 13.6. The molecule has 0 aliphatic carbocycles. The first-order chi connectivity index (χ1) is 13.7. The van der Waals surface area contributed by atoms with Gasteiger partial charge in [-0.15, -0.1) is 0 Å². The predicted octanol–water partition coefficient (Wildman–Crippen LogP) is 0.732. The van der Waals surface area contributed by atoms with Crippen LogP contribution in [0.1, 0.15) is 33.3 Å². The van der Waals surface area contributed by atoms with Crippen LogP contribution >= 0.6 is 0 Å². The summed E-state index contributed by atoms with van der Waals surface area (Å²) in [5.74, 6) is -1.46. The van der Waals surface area contributed by atoms with Gasteiger partial charge < -0.3 is 18.6 Å². The van der Waals surface area contributed by atoms with E-state index < -0.39 is 49.1 Å². The van der Waals surface area contributed by atoms with E-state index >= 15 is 0 Å². The number of halogens is 3. The van der Waals surface area contributed by atoms with Gasteiger partial charge in [-0.1, -0.05) is 12.1 Å². The van der Waals surface area contributed by atoms with Crippen LogP contribution in [-0.2, 0) is 34.4 Å². The molecule has 2 saturated heterocycles. The van der Waals surface area contributed by atoms with Crippen molar-refractivity contribution in [3.8, 4) is 0 Å². The molecule has 30 heavy (non-hydrogen) atoms. The highest BCUT2D eigenvalue weighted by atomic mass is 19.4. The van der Waals surface area contributed by atoms with E-state index in [4.69, 9.17) is 18.6 Å². The molecule has 3 rings (SSSR count). The van der Waals surface area contributed by atoms with E-state index in [0.717, 1.165) is 12.1 Å². The summed E-state index contributed by atoms with van der Waals surface area (Å²) < 4.78 is 62.6. The van der Waals surface area contributed by atoms with Crippen molar-refractivity contribution < 1.29 is 41.4 Å². The molecule has 162 valence electrons. The van der Waals surface area contributed by atoms with Crippen molar-refractivity contribution in [2.24, 2.45) is 0 Å². The second-order valence-corrected chi connectivity index (χ2v) is 8.46. The third-order valence-electron chi connectivity index (χ3n) is 5.38. The summed E-state index contributed by atoms with van der Waals surface area (Å²) in [6.07, 6.45) is -4.69. The zero-order valence-electron chi connectivity index (χ0n) is 17.3. The number of carbonyl (C=O) groups is 2. The van der Waals surface area contributed by atoms with Gasteiger partial charge in [0.1, 0.15) is 0 Å². The number of carbonyl (C=O) groups excluding carboxylic acids is 2. The molecule has 2 fully saturated rings. The summed E-state index contributed by atoms with van der Waals surface area (Å²) in [6, 6.07) is 3.02. The Morgan fingerprint density at radius 3 is 1.73 bits per heavy atom. The topological polar surface area (TPSA) is 74.3 Å². The number of likely N-dealkylation sites (N-methyl/N-ethyl adjacent to an activating group) is 1. The monoisotopic (exact) mass is 427 g/mol. The fourth-order valence-corrected chi connectivity index (χ4v) is 3.06. The lowest BCUT2D eigenvalue weighted by Crippen LogP contribution is -2.49. The van der Waals surface area contributed by atoms with E-state index in [0.29, 0.717) is 0 Å². The summed E-state index contributed by atoms with van der Waals surface area (Å²) in [5, 5.41) is 0. The predicted molar refractivity (Wildman–Crippen MR) is 102 cm³/mol. The Hall–Kier alpha value is -2.04. The molecule has 0 bridgehead atoms.